The average molecular weight is 336 g/mol. The largest absolute Gasteiger partial charge is 0.356 e. The molecule has 1 amide bonds. The van der Waals surface area contributed by atoms with Crippen LogP contribution in [0.5, 0.6) is 0 Å². The van der Waals surface area contributed by atoms with Crippen molar-refractivity contribution in [3.8, 4) is 0 Å². The molecule has 3 rings (SSSR count). The van der Waals surface area contributed by atoms with Crippen molar-refractivity contribution in [3.63, 3.8) is 0 Å². The number of carbonyl (C=O) groups excluding carboxylic acids is 1. The van der Waals surface area contributed by atoms with E-state index in [2.05, 4.69) is 48.6 Å². The van der Waals surface area contributed by atoms with E-state index in [-0.39, 0.29) is 18.4 Å². The number of amides is 1. The molecule has 2 aromatic carbocycles. The highest BCUT2D eigenvalue weighted by Gasteiger charge is 2.14. The molecule has 0 saturated heterocycles. The fourth-order valence-electron chi connectivity index (χ4n) is 3.01. The number of rotatable bonds is 6. The highest BCUT2D eigenvalue weighted by Crippen LogP contribution is 2.19. The topological polar surface area (TPSA) is 55.1 Å². The van der Waals surface area contributed by atoms with Crippen LogP contribution >= 0.6 is 0 Å². The van der Waals surface area contributed by atoms with Crippen LogP contribution in [0.15, 0.2) is 53.1 Å². The minimum absolute atomic E-state index is 0.0428. The molecule has 3 aromatic rings. The van der Waals surface area contributed by atoms with E-state index in [1.54, 1.807) is 0 Å². The first-order valence-corrected chi connectivity index (χ1v) is 8.74. The van der Waals surface area contributed by atoms with E-state index in [0.29, 0.717) is 17.2 Å². The van der Waals surface area contributed by atoms with Crippen molar-refractivity contribution in [2.45, 2.75) is 39.7 Å². The Morgan fingerprint density at radius 1 is 1.08 bits per heavy atom. The third-order valence-corrected chi connectivity index (χ3v) is 4.28. The summed E-state index contributed by atoms with van der Waals surface area (Å²) in [5.74, 6) is 0.582. The number of benzene rings is 2. The van der Waals surface area contributed by atoms with Gasteiger partial charge in [0.15, 0.2) is 5.58 Å². The van der Waals surface area contributed by atoms with Crippen LogP contribution in [0.25, 0.3) is 11.0 Å². The molecule has 1 heterocycles. The second-order valence-electron chi connectivity index (χ2n) is 6.93. The zero-order valence-corrected chi connectivity index (χ0v) is 15.0. The van der Waals surface area contributed by atoms with E-state index in [1.807, 2.05) is 31.2 Å². The van der Waals surface area contributed by atoms with Gasteiger partial charge in [-0.05, 0) is 42.5 Å². The standard InChI is InChI=1S/C21H24N2O2/c1-14(2)12-16-8-10-17(11-9-16)15(3)22-21(24)13-19-18-6-4-5-7-20(18)25-23-19/h4-11,14-15H,12-13H2,1-3H3,(H,22,24)/t15-/m0/s1. The second-order valence-corrected chi connectivity index (χ2v) is 6.93. The Labute approximate surface area is 148 Å². The zero-order valence-electron chi connectivity index (χ0n) is 15.0. The average Bonchev–Trinajstić information content (AvgIpc) is 2.98. The number of hydrogen-bond donors (Lipinski definition) is 1. The van der Waals surface area contributed by atoms with Crippen LogP contribution in [0, 0.1) is 5.92 Å². The molecule has 0 aliphatic heterocycles. The predicted octanol–water partition coefficient (Wildman–Crippen LogP) is 4.45. The van der Waals surface area contributed by atoms with Crippen LogP contribution < -0.4 is 5.32 Å². The SMILES string of the molecule is CC(C)Cc1ccc([C@H](C)NC(=O)Cc2noc3ccccc23)cc1. The molecule has 0 aliphatic rings. The summed E-state index contributed by atoms with van der Waals surface area (Å²) in [6.07, 6.45) is 1.28. The number of aromatic nitrogens is 1. The van der Waals surface area contributed by atoms with Gasteiger partial charge in [-0.15, -0.1) is 0 Å². The van der Waals surface area contributed by atoms with E-state index in [9.17, 15) is 4.79 Å². The molecule has 0 saturated carbocycles. The Balaban J connectivity index is 1.62. The molecule has 1 aromatic heterocycles. The van der Waals surface area contributed by atoms with Crippen LogP contribution in [0.4, 0.5) is 0 Å². The number of nitrogens with zero attached hydrogens (tertiary/aromatic N) is 1. The van der Waals surface area contributed by atoms with Crippen LogP contribution in [-0.2, 0) is 17.6 Å². The maximum Gasteiger partial charge on any atom is 0.226 e. The summed E-state index contributed by atoms with van der Waals surface area (Å²) >= 11 is 0. The van der Waals surface area contributed by atoms with Gasteiger partial charge in [-0.1, -0.05) is 55.4 Å². The number of carbonyl (C=O) groups is 1. The minimum Gasteiger partial charge on any atom is -0.356 e. The van der Waals surface area contributed by atoms with Crippen LogP contribution in [0.2, 0.25) is 0 Å². The normalized spacial score (nSPS) is 12.5. The summed E-state index contributed by atoms with van der Waals surface area (Å²) in [6.45, 7) is 6.42. The summed E-state index contributed by atoms with van der Waals surface area (Å²) in [5, 5.41) is 7.95. The molecule has 0 bridgehead atoms. The van der Waals surface area contributed by atoms with Crippen LogP contribution in [0.1, 0.15) is 43.6 Å². The van der Waals surface area contributed by atoms with Gasteiger partial charge in [-0.2, -0.15) is 0 Å². The quantitative estimate of drug-likeness (QED) is 0.724. The van der Waals surface area contributed by atoms with E-state index in [1.165, 1.54) is 5.56 Å². The Morgan fingerprint density at radius 3 is 2.52 bits per heavy atom. The van der Waals surface area contributed by atoms with Gasteiger partial charge >= 0.3 is 0 Å². The molecular formula is C21H24N2O2. The monoisotopic (exact) mass is 336 g/mol. The van der Waals surface area contributed by atoms with Gasteiger partial charge in [0.1, 0.15) is 5.69 Å². The van der Waals surface area contributed by atoms with Crippen molar-refractivity contribution < 1.29 is 9.32 Å². The summed E-state index contributed by atoms with van der Waals surface area (Å²) in [4.78, 5) is 12.4. The van der Waals surface area contributed by atoms with Crippen LogP contribution in [0.3, 0.4) is 0 Å². The second kappa shape index (κ2) is 7.51. The predicted molar refractivity (Wildman–Crippen MR) is 99.3 cm³/mol. The van der Waals surface area contributed by atoms with Crippen molar-refractivity contribution in [1.82, 2.24) is 10.5 Å². The molecular weight excluding hydrogens is 312 g/mol. The molecule has 0 aliphatic carbocycles. The summed E-state index contributed by atoms with van der Waals surface area (Å²) < 4.78 is 5.25. The molecule has 25 heavy (non-hydrogen) atoms. The highest BCUT2D eigenvalue weighted by molar-refractivity contribution is 5.86. The summed E-state index contributed by atoms with van der Waals surface area (Å²) in [5.41, 5.74) is 3.81. The Morgan fingerprint density at radius 2 is 1.80 bits per heavy atom. The third kappa shape index (κ3) is 4.27. The molecule has 4 nitrogen and oxygen atoms in total. The van der Waals surface area contributed by atoms with Gasteiger partial charge in [0.25, 0.3) is 0 Å². The fourth-order valence-corrected chi connectivity index (χ4v) is 3.01. The Bertz CT molecular complexity index is 850. The van der Waals surface area contributed by atoms with Gasteiger partial charge in [0, 0.05) is 5.39 Å². The highest BCUT2D eigenvalue weighted by atomic mass is 16.5. The maximum absolute atomic E-state index is 12.4. The van der Waals surface area contributed by atoms with E-state index in [4.69, 9.17) is 4.52 Å². The lowest BCUT2D eigenvalue weighted by atomic mass is 10.00. The zero-order chi connectivity index (χ0) is 17.8. The van der Waals surface area contributed by atoms with Gasteiger partial charge in [-0.3, -0.25) is 4.79 Å². The fraction of sp³-hybridized carbons (Fsp3) is 0.333. The lowest BCUT2D eigenvalue weighted by Gasteiger charge is -2.15. The van der Waals surface area contributed by atoms with E-state index < -0.39 is 0 Å². The van der Waals surface area contributed by atoms with Crippen LogP contribution in [-0.4, -0.2) is 11.1 Å². The Kier molecular flexibility index (Phi) is 5.17. The number of para-hydroxylation sites is 1. The van der Waals surface area contributed by atoms with Gasteiger partial charge < -0.3 is 9.84 Å². The molecule has 1 N–H and O–H groups in total. The lowest BCUT2D eigenvalue weighted by Crippen LogP contribution is -2.28. The first kappa shape index (κ1) is 17.2. The molecule has 1 atom stereocenters. The molecule has 0 radical (unpaired) electrons. The van der Waals surface area contributed by atoms with Gasteiger partial charge in [-0.25, -0.2) is 0 Å². The lowest BCUT2D eigenvalue weighted by molar-refractivity contribution is -0.121. The Hall–Kier alpha value is -2.62. The summed E-state index contributed by atoms with van der Waals surface area (Å²) in [7, 11) is 0. The van der Waals surface area contributed by atoms with Gasteiger partial charge in [0.05, 0.1) is 12.5 Å². The van der Waals surface area contributed by atoms with E-state index in [0.717, 1.165) is 17.4 Å². The molecule has 0 spiro atoms. The molecule has 4 heteroatoms. The van der Waals surface area contributed by atoms with E-state index >= 15 is 0 Å². The summed E-state index contributed by atoms with van der Waals surface area (Å²) in [6, 6.07) is 16.0. The number of nitrogens with one attached hydrogen (secondary N) is 1. The minimum atomic E-state index is -0.0576. The maximum atomic E-state index is 12.4. The van der Waals surface area contributed by atoms with Crippen molar-refractivity contribution in [3.05, 3.63) is 65.4 Å². The van der Waals surface area contributed by atoms with Crippen molar-refractivity contribution in [2.75, 3.05) is 0 Å². The molecule has 0 fully saturated rings. The van der Waals surface area contributed by atoms with Crippen molar-refractivity contribution in [1.29, 1.82) is 0 Å². The van der Waals surface area contributed by atoms with Crippen molar-refractivity contribution in [2.24, 2.45) is 5.92 Å². The first-order valence-electron chi connectivity index (χ1n) is 8.74. The molecule has 130 valence electrons. The van der Waals surface area contributed by atoms with Gasteiger partial charge in [0.2, 0.25) is 5.91 Å². The smallest absolute Gasteiger partial charge is 0.226 e. The third-order valence-electron chi connectivity index (χ3n) is 4.28. The first-order chi connectivity index (χ1) is 12.0. The number of hydrogen-bond acceptors (Lipinski definition) is 3. The molecule has 0 unspecified atom stereocenters. The van der Waals surface area contributed by atoms with Crippen molar-refractivity contribution >= 4 is 16.9 Å². The number of fused-ring (bicyclic) bond motifs is 1.